The highest BCUT2D eigenvalue weighted by atomic mass is 32.2. The van der Waals surface area contributed by atoms with Gasteiger partial charge in [-0.3, -0.25) is 4.79 Å². The fourth-order valence-corrected chi connectivity index (χ4v) is 3.60. The number of esters is 1. The number of nitrogens with zero attached hydrogens (tertiary/aromatic N) is 4. The first-order valence-corrected chi connectivity index (χ1v) is 10.6. The van der Waals surface area contributed by atoms with Crippen molar-refractivity contribution in [2.45, 2.75) is 11.6 Å². The van der Waals surface area contributed by atoms with Gasteiger partial charge >= 0.3 is 5.97 Å². The Kier molecular flexibility index (Phi) is 8.03. The number of thioether (sulfide) groups is 1. The van der Waals surface area contributed by atoms with Crippen LogP contribution in [-0.2, 0) is 16.0 Å². The molecule has 3 aromatic rings. The van der Waals surface area contributed by atoms with Crippen LogP contribution in [0.3, 0.4) is 0 Å². The summed E-state index contributed by atoms with van der Waals surface area (Å²) in [5.74, 6) is 0.848. The van der Waals surface area contributed by atoms with E-state index in [4.69, 9.17) is 14.2 Å². The smallest absolute Gasteiger partial charge is 0.337 e. The standard InChI is InChI=1S/C21H23N5O5S/c1-29-17-8-7-14(11-18(17)30-2)9-10-22-19(27)13-32-21-23-24-25-26(21)16-6-4-5-15(12-16)20(28)31-3/h4-8,11-12H,9-10,13H2,1-3H3,(H,22,27). The summed E-state index contributed by atoms with van der Waals surface area (Å²) >= 11 is 1.20. The Morgan fingerprint density at radius 1 is 1.06 bits per heavy atom. The number of hydrogen-bond donors (Lipinski definition) is 1. The van der Waals surface area contributed by atoms with Gasteiger partial charge < -0.3 is 19.5 Å². The molecule has 3 rings (SSSR count). The molecule has 1 heterocycles. The van der Waals surface area contributed by atoms with Crippen molar-refractivity contribution in [1.29, 1.82) is 0 Å². The molecule has 0 spiro atoms. The molecular weight excluding hydrogens is 434 g/mol. The van der Waals surface area contributed by atoms with Crippen LogP contribution in [-0.4, -0.2) is 65.7 Å². The Labute approximate surface area is 189 Å². The quantitative estimate of drug-likeness (QED) is 0.360. The summed E-state index contributed by atoms with van der Waals surface area (Å²) in [5, 5.41) is 14.9. The highest BCUT2D eigenvalue weighted by molar-refractivity contribution is 7.99. The summed E-state index contributed by atoms with van der Waals surface area (Å²) in [4.78, 5) is 24.0. The van der Waals surface area contributed by atoms with Crippen LogP contribution < -0.4 is 14.8 Å². The molecule has 10 nitrogen and oxygen atoms in total. The normalized spacial score (nSPS) is 10.5. The zero-order chi connectivity index (χ0) is 22.9. The molecule has 0 aliphatic heterocycles. The number of aromatic nitrogens is 4. The van der Waals surface area contributed by atoms with E-state index in [1.54, 1.807) is 38.5 Å². The summed E-state index contributed by atoms with van der Waals surface area (Å²) < 4.78 is 16.7. The summed E-state index contributed by atoms with van der Waals surface area (Å²) in [7, 11) is 4.48. The van der Waals surface area contributed by atoms with Gasteiger partial charge in [0.05, 0.1) is 38.3 Å². The van der Waals surface area contributed by atoms with Crippen LogP contribution in [0, 0.1) is 0 Å². The molecule has 0 fully saturated rings. The van der Waals surface area contributed by atoms with E-state index < -0.39 is 5.97 Å². The Morgan fingerprint density at radius 2 is 1.88 bits per heavy atom. The molecule has 0 unspecified atom stereocenters. The summed E-state index contributed by atoms with van der Waals surface area (Å²) in [6, 6.07) is 12.4. The van der Waals surface area contributed by atoms with Crippen LogP contribution in [0.2, 0.25) is 0 Å². The number of nitrogens with one attached hydrogen (secondary N) is 1. The van der Waals surface area contributed by atoms with Gasteiger partial charge in [0, 0.05) is 6.54 Å². The van der Waals surface area contributed by atoms with Gasteiger partial charge in [-0.1, -0.05) is 23.9 Å². The molecule has 0 aliphatic rings. The Bertz CT molecular complexity index is 1090. The SMILES string of the molecule is COC(=O)c1cccc(-n2nnnc2SCC(=O)NCCc2ccc(OC)c(OC)c2)c1. The van der Waals surface area contributed by atoms with Crippen molar-refractivity contribution in [3.63, 3.8) is 0 Å². The molecule has 1 N–H and O–H groups in total. The van der Waals surface area contributed by atoms with E-state index in [0.29, 0.717) is 40.9 Å². The van der Waals surface area contributed by atoms with E-state index in [1.165, 1.54) is 23.6 Å². The van der Waals surface area contributed by atoms with Gasteiger partial charge in [0.25, 0.3) is 0 Å². The third kappa shape index (κ3) is 5.76. The molecule has 11 heteroatoms. The molecule has 168 valence electrons. The molecule has 1 aromatic heterocycles. The molecule has 1 amide bonds. The zero-order valence-corrected chi connectivity index (χ0v) is 18.7. The second-order valence-electron chi connectivity index (χ2n) is 6.49. The predicted octanol–water partition coefficient (Wildman–Crippen LogP) is 1.92. The largest absolute Gasteiger partial charge is 0.493 e. The first kappa shape index (κ1) is 23.1. The Morgan fingerprint density at radius 3 is 2.62 bits per heavy atom. The van der Waals surface area contributed by atoms with Crippen LogP contribution in [0.5, 0.6) is 11.5 Å². The van der Waals surface area contributed by atoms with Gasteiger partial charge in [-0.2, -0.15) is 4.68 Å². The van der Waals surface area contributed by atoms with Gasteiger partial charge in [-0.25, -0.2) is 4.79 Å². The second kappa shape index (κ2) is 11.1. The maximum Gasteiger partial charge on any atom is 0.337 e. The Hall–Kier alpha value is -3.60. The minimum Gasteiger partial charge on any atom is -0.493 e. The molecule has 0 aliphatic carbocycles. The maximum absolute atomic E-state index is 12.3. The number of ether oxygens (including phenoxy) is 3. The van der Waals surface area contributed by atoms with Gasteiger partial charge in [0.2, 0.25) is 11.1 Å². The van der Waals surface area contributed by atoms with Crippen LogP contribution in [0.25, 0.3) is 5.69 Å². The van der Waals surface area contributed by atoms with E-state index >= 15 is 0 Å². The number of tetrazole rings is 1. The summed E-state index contributed by atoms with van der Waals surface area (Å²) in [6.45, 7) is 0.473. The van der Waals surface area contributed by atoms with Crippen molar-refractivity contribution in [2.24, 2.45) is 0 Å². The average molecular weight is 458 g/mol. The third-order valence-electron chi connectivity index (χ3n) is 4.47. The summed E-state index contributed by atoms with van der Waals surface area (Å²) in [6.07, 6.45) is 0.648. The topological polar surface area (TPSA) is 117 Å². The number of benzene rings is 2. The van der Waals surface area contributed by atoms with E-state index in [2.05, 4.69) is 20.8 Å². The maximum atomic E-state index is 12.3. The minimum atomic E-state index is -0.456. The lowest BCUT2D eigenvalue weighted by Gasteiger charge is -2.10. The number of methoxy groups -OCH3 is 3. The number of carbonyl (C=O) groups excluding carboxylic acids is 2. The first-order chi connectivity index (χ1) is 15.5. The van der Waals surface area contributed by atoms with Crippen molar-refractivity contribution in [3.8, 4) is 17.2 Å². The molecule has 32 heavy (non-hydrogen) atoms. The second-order valence-corrected chi connectivity index (χ2v) is 7.44. The average Bonchev–Trinajstić information content (AvgIpc) is 3.31. The lowest BCUT2D eigenvalue weighted by molar-refractivity contribution is -0.118. The lowest BCUT2D eigenvalue weighted by Crippen LogP contribution is -2.27. The molecule has 0 saturated heterocycles. The van der Waals surface area contributed by atoms with Crippen molar-refractivity contribution in [1.82, 2.24) is 25.5 Å². The summed E-state index contributed by atoms with van der Waals surface area (Å²) in [5.41, 5.74) is 1.99. The van der Waals surface area contributed by atoms with E-state index in [0.717, 1.165) is 5.56 Å². The number of hydrogen-bond acceptors (Lipinski definition) is 9. The van der Waals surface area contributed by atoms with Gasteiger partial charge in [0.1, 0.15) is 0 Å². The number of rotatable bonds is 10. The van der Waals surface area contributed by atoms with Crippen molar-refractivity contribution in [3.05, 3.63) is 53.6 Å². The number of carbonyl (C=O) groups is 2. The van der Waals surface area contributed by atoms with Crippen molar-refractivity contribution < 1.29 is 23.8 Å². The zero-order valence-electron chi connectivity index (χ0n) is 17.9. The number of amides is 1. The van der Waals surface area contributed by atoms with E-state index in [-0.39, 0.29) is 11.7 Å². The molecule has 0 radical (unpaired) electrons. The molecule has 0 saturated carbocycles. The fraction of sp³-hybridized carbons (Fsp3) is 0.286. The van der Waals surface area contributed by atoms with E-state index in [9.17, 15) is 9.59 Å². The highest BCUT2D eigenvalue weighted by Gasteiger charge is 2.14. The third-order valence-corrected chi connectivity index (χ3v) is 5.39. The van der Waals surface area contributed by atoms with E-state index in [1.807, 2.05) is 18.2 Å². The van der Waals surface area contributed by atoms with Gasteiger partial charge in [-0.15, -0.1) is 5.10 Å². The van der Waals surface area contributed by atoms with Crippen LogP contribution in [0.1, 0.15) is 15.9 Å². The molecule has 2 aromatic carbocycles. The van der Waals surface area contributed by atoms with Crippen LogP contribution >= 0.6 is 11.8 Å². The van der Waals surface area contributed by atoms with Gasteiger partial charge in [-0.05, 0) is 52.7 Å². The molecule has 0 atom stereocenters. The monoisotopic (exact) mass is 457 g/mol. The lowest BCUT2D eigenvalue weighted by atomic mass is 10.1. The van der Waals surface area contributed by atoms with Crippen LogP contribution in [0.15, 0.2) is 47.6 Å². The predicted molar refractivity (Wildman–Crippen MR) is 117 cm³/mol. The Balaban J connectivity index is 1.53. The van der Waals surface area contributed by atoms with Crippen molar-refractivity contribution in [2.75, 3.05) is 33.6 Å². The minimum absolute atomic E-state index is 0.142. The molecular formula is C21H23N5O5S. The highest BCUT2D eigenvalue weighted by Crippen LogP contribution is 2.27. The first-order valence-electron chi connectivity index (χ1n) is 9.63. The molecule has 0 bridgehead atoms. The fourth-order valence-electron chi connectivity index (χ4n) is 2.88. The van der Waals surface area contributed by atoms with Crippen LogP contribution in [0.4, 0.5) is 0 Å². The van der Waals surface area contributed by atoms with Gasteiger partial charge in [0.15, 0.2) is 11.5 Å². The van der Waals surface area contributed by atoms with Crippen molar-refractivity contribution >= 4 is 23.6 Å².